The summed E-state index contributed by atoms with van der Waals surface area (Å²) in [6.45, 7) is 3.69. The van der Waals surface area contributed by atoms with Crippen LogP contribution >= 0.6 is 0 Å². The minimum Gasteiger partial charge on any atom is -0.495 e. The number of benzene rings is 1. The molecule has 21 heavy (non-hydrogen) atoms. The van der Waals surface area contributed by atoms with Gasteiger partial charge < -0.3 is 20.7 Å². The number of carbonyl (C=O) groups is 1. The molecule has 1 aromatic carbocycles. The molecule has 1 amide bonds. The van der Waals surface area contributed by atoms with Gasteiger partial charge in [0.15, 0.2) is 0 Å². The molecular weight excluding hydrogens is 266 g/mol. The first-order valence-electron chi connectivity index (χ1n) is 7.53. The number of rotatable bonds is 5. The van der Waals surface area contributed by atoms with Gasteiger partial charge in [-0.1, -0.05) is 12.1 Å². The minimum absolute atomic E-state index is 0.0562. The summed E-state index contributed by atoms with van der Waals surface area (Å²) in [5, 5.41) is 3.07. The van der Waals surface area contributed by atoms with Crippen molar-refractivity contribution < 1.29 is 9.53 Å². The Balaban J connectivity index is 1.87. The average Bonchev–Trinajstić information content (AvgIpc) is 2.47. The zero-order chi connectivity index (χ0) is 15.2. The van der Waals surface area contributed by atoms with E-state index >= 15 is 0 Å². The molecule has 1 aromatic rings. The molecule has 0 aliphatic carbocycles. The van der Waals surface area contributed by atoms with Crippen LogP contribution in [0.5, 0.6) is 5.75 Å². The lowest BCUT2D eigenvalue weighted by molar-refractivity contribution is -0.122. The molecule has 116 valence electrons. The summed E-state index contributed by atoms with van der Waals surface area (Å²) in [5.74, 6) is 0.956. The van der Waals surface area contributed by atoms with Crippen molar-refractivity contribution in [3.8, 4) is 5.75 Å². The fraction of sp³-hybridized carbons (Fsp3) is 0.562. The molecule has 1 aliphatic heterocycles. The lowest BCUT2D eigenvalue weighted by Gasteiger charge is -2.34. The summed E-state index contributed by atoms with van der Waals surface area (Å²) >= 11 is 0. The Morgan fingerprint density at radius 1 is 1.43 bits per heavy atom. The van der Waals surface area contributed by atoms with Gasteiger partial charge in [0.25, 0.3) is 0 Å². The summed E-state index contributed by atoms with van der Waals surface area (Å²) in [4.78, 5) is 14.1. The number of anilines is 1. The Morgan fingerprint density at radius 2 is 2.10 bits per heavy atom. The summed E-state index contributed by atoms with van der Waals surface area (Å²) in [6.07, 6.45) is 2.29. The van der Waals surface area contributed by atoms with Gasteiger partial charge in [-0.05, 0) is 31.9 Å². The number of piperidine rings is 1. The van der Waals surface area contributed by atoms with E-state index in [1.54, 1.807) is 7.11 Å². The van der Waals surface area contributed by atoms with Crippen LogP contribution in [0.15, 0.2) is 24.3 Å². The number of hydrogen-bond acceptors (Lipinski definition) is 4. The van der Waals surface area contributed by atoms with Crippen LogP contribution in [-0.2, 0) is 4.79 Å². The van der Waals surface area contributed by atoms with Gasteiger partial charge in [0.2, 0.25) is 5.91 Å². The van der Waals surface area contributed by atoms with Gasteiger partial charge in [0.1, 0.15) is 5.75 Å². The molecule has 0 saturated carbocycles. The largest absolute Gasteiger partial charge is 0.495 e. The third-order valence-corrected chi connectivity index (χ3v) is 3.79. The normalized spacial score (nSPS) is 17.4. The van der Waals surface area contributed by atoms with E-state index in [1.165, 1.54) is 0 Å². The van der Waals surface area contributed by atoms with Crippen LogP contribution in [0.1, 0.15) is 26.2 Å². The second kappa shape index (κ2) is 7.31. The van der Waals surface area contributed by atoms with Crippen LogP contribution in [0, 0.1) is 0 Å². The van der Waals surface area contributed by atoms with E-state index in [2.05, 4.69) is 16.3 Å². The molecule has 5 heteroatoms. The highest BCUT2D eigenvalue weighted by molar-refractivity contribution is 5.76. The zero-order valence-electron chi connectivity index (χ0n) is 12.8. The second-order valence-corrected chi connectivity index (χ2v) is 5.68. The maximum atomic E-state index is 11.7. The Labute approximate surface area is 126 Å². The number of amides is 1. The molecule has 1 saturated heterocycles. The fourth-order valence-corrected chi connectivity index (χ4v) is 2.73. The van der Waals surface area contributed by atoms with Crippen LogP contribution < -0.4 is 20.7 Å². The molecule has 1 heterocycles. The molecule has 3 N–H and O–H groups in total. The number of hydrogen-bond donors (Lipinski definition) is 2. The maximum Gasteiger partial charge on any atom is 0.221 e. The number of ether oxygens (including phenoxy) is 1. The highest BCUT2D eigenvalue weighted by Crippen LogP contribution is 2.29. The first kappa shape index (κ1) is 15.6. The number of para-hydroxylation sites is 2. The molecule has 0 aromatic heterocycles. The fourth-order valence-electron chi connectivity index (χ4n) is 2.73. The lowest BCUT2D eigenvalue weighted by Crippen LogP contribution is -2.45. The summed E-state index contributed by atoms with van der Waals surface area (Å²) in [5.41, 5.74) is 6.77. The van der Waals surface area contributed by atoms with E-state index in [9.17, 15) is 4.79 Å². The van der Waals surface area contributed by atoms with Gasteiger partial charge in [-0.2, -0.15) is 0 Å². The molecule has 1 unspecified atom stereocenters. The first-order valence-corrected chi connectivity index (χ1v) is 7.53. The van der Waals surface area contributed by atoms with Gasteiger partial charge in [-0.25, -0.2) is 0 Å². The molecule has 1 aliphatic rings. The van der Waals surface area contributed by atoms with E-state index in [4.69, 9.17) is 10.5 Å². The number of nitrogens with zero attached hydrogens (tertiary/aromatic N) is 1. The average molecular weight is 291 g/mol. The monoisotopic (exact) mass is 291 g/mol. The topological polar surface area (TPSA) is 67.6 Å². The van der Waals surface area contributed by atoms with Crippen molar-refractivity contribution in [2.45, 2.75) is 38.3 Å². The van der Waals surface area contributed by atoms with Gasteiger partial charge in [-0.15, -0.1) is 0 Å². The van der Waals surface area contributed by atoms with Crippen LogP contribution in [0.3, 0.4) is 0 Å². The van der Waals surface area contributed by atoms with Crippen molar-refractivity contribution in [1.29, 1.82) is 0 Å². The van der Waals surface area contributed by atoms with Gasteiger partial charge in [0.05, 0.1) is 12.8 Å². The van der Waals surface area contributed by atoms with Crippen LogP contribution in [0.2, 0.25) is 0 Å². The number of nitrogens with one attached hydrogen (secondary N) is 1. The Hall–Kier alpha value is -1.75. The van der Waals surface area contributed by atoms with E-state index in [0.29, 0.717) is 6.42 Å². The Morgan fingerprint density at radius 3 is 2.71 bits per heavy atom. The molecule has 0 radical (unpaired) electrons. The third kappa shape index (κ3) is 4.36. The van der Waals surface area contributed by atoms with E-state index in [-0.39, 0.29) is 18.0 Å². The predicted molar refractivity (Wildman–Crippen MR) is 84.6 cm³/mol. The predicted octanol–water partition coefficient (Wildman–Crippen LogP) is 1.52. The van der Waals surface area contributed by atoms with Crippen molar-refractivity contribution in [3.63, 3.8) is 0 Å². The van der Waals surface area contributed by atoms with E-state index < -0.39 is 0 Å². The van der Waals surface area contributed by atoms with Crippen molar-refractivity contribution in [3.05, 3.63) is 24.3 Å². The summed E-state index contributed by atoms with van der Waals surface area (Å²) in [7, 11) is 1.69. The molecule has 1 fully saturated rings. The zero-order valence-corrected chi connectivity index (χ0v) is 12.8. The highest BCUT2D eigenvalue weighted by atomic mass is 16.5. The molecule has 0 spiro atoms. The molecule has 2 rings (SSSR count). The number of nitrogens with two attached hydrogens (primary N) is 1. The SMILES string of the molecule is COc1ccccc1N1CCC(NC(=O)CC(C)N)CC1. The number of carbonyl (C=O) groups excluding carboxylic acids is 1. The lowest BCUT2D eigenvalue weighted by atomic mass is 10.0. The smallest absolute Gasteiger partial charge is 0.221 e. The number of methoxy groups -OCH3 is 1. The molecule has 5 nitrogen and oxygen atoms in total. The highest BCUT2D eigenvalue weighted by Gasteiger charge is 2.22. The second-order valence-electron chi connectivity index (χ2n) is 5.68. The van der Waals surface area contributed by atoms with Crippen molar-refractivity contribution >= 4 is 11.6 Å². The van der Waals surface area contributed by atoms with Crippen LogP contribution in [0.25, 0.3) is 0 Å². The van der Waals surface area contributed by atoms with Crippen molar-refractivity contribution in [2.75, 3.05) is 25.1 Å². The maximum absolute atomic E-state index is 11.7. The van der Waals surface area contributed by atoms with Crippen molar-refractivity contribution in [2.24, 2.45) is 5.73 Å². The quantitative estimate of drug-likeness (QED) is 0.863. The van der Waals surface area contributed by atoms with Crippen LogP contribution in [-0.4, -0.2) is 38.2 Å². The third-order valence-electron chi connectivity index (χ3n) is 3.79. The summed E-state index contributed by atoms with van der Waals surface area (Å²) < 4.78 is 5.41. The molecular formula is C16H25N3O2. The first-order chi connectivity index (χ1) is 10.1. The Bertz CT molecular complexity index is 468. The van der Waals surface area contributed by atoms with Gasteiger partial charge >= 0.3 is 0 Å². The molecule has 0 bridgehead atoms. The minimum atomic E-state index is -0.0846. The summed E-state index contributed by atoms with van der Waals surface area (Å²) in [6, 6.07) is 8.22. The Kier molecular flexibility index (Phi) is 5.44. The van der Waals surface area contributed by atoms with Gasteiger partial charge in [-0.3, -0.25) is 4.79 Å². The van der Waals surface area contributed by atoms with Crippen LogP contribution in [0.4, 0.5) is 5.69 Å². The van der Waals surface area contributed by atoms with E-state index in [1.807, 2.05) is 25.1 Å². The van der Waals surface area contributed by atoms with E-state index in [0.717, 1.165) is 37.4 Å². The van der Waals surface area contributed by atoms with Crippen molar-refractivity contribution in [1.82, 2.24) is 5.32 Å². The molecule has 1 atom stereocenters. The standard InChI is InChI=1S/C16H25N3O2/c1-12(17)11-16(20)18-13-7-9-19(10-8-13)14-5-3-4-6-15(14)21-2/h3-6,12-13H,7-11,17H2,1-2H3,(H,18,20). The van der Waals surface area contributed by atoms with Gasteiger partial charge in [0, 0.05) is 31.6 Å².